The minimum absolute atomic E-state index is 0.165. The first-order valence-corrected chi connectivity index (χ1v) is 7.11. The fraction of sp³-hybridized carbons (Fsp3) is 0.500. The zero-order chi connectivity index (χ0) is 16.0. The van der Waals surface area contributed by atoms with Crippen molar-refractivity contribution >= 4 is 5.91 Å². The molecule has 0 heterocycles. The standard InChI is InChI=1S/C16H22FN3O/c1-4-20(16(21)15(19)7-11(2)3)10-13-6-5-12(9-18)8-14(13)17/h5-6,8,11,15H,4,7,10,19H2,1-3H3/t15-/m1/s1. The Morgan fingerprint density at radius 1 is 1.48 bits per heavy atom. The molecule has 0 fully saturated rings. The van der Waals surface area contributed by atoms with E-state index in [1.54, 1.807) is 6.07 Å². The number of hydrogen-bond acceptors (Lipinski definition) is 3. The predicted octanol–water partition coefficient (Wildman–Crippen LogP) is 2.42. The van der Waals surface area contributed by atoms with Gasteiger partial charge in [0.15, 0.2) is 0 Å². The van der Waals surface area contributed by atoms with Crippen LogP contribution in [-0.4, -0.2) is 23.4 Å². The third-order valence-corrected chi connectivity index (χ3v) is 3.28. The highest BCUT2D eigenvalue weighted by atomic mass is 19.1. The first kappa shape index (κ1) is 17.1. The molecule has 0 aliphatic carbocycles. The molecule has 0 aromatic heterocycles. The average molecular weight is 291 g/mol. The van der Waals surface area contributed by atoms with Gasteiger partial charge in [0.1, 0.15) is 5.82 Å². The molecule has 1 rings (SSSR count). The molecule has 1 aromatic carbocycles. The Kier molecular flexibility index (Phi) is 6.32. The van der Waals surface area contributed by atoms with Crippen LogP contribution in [0.15, 0.2) is 18.2 Å². The second-order valence-electron chi connectivity index (χ2n) is 5.51. The van der Waals surface area contributed by atoms with Crippen molar-refractivity contribution in [2.45, 2.75) is 39.8 Å². The Bertz CT molecular complexity index is 537. The van der Waals surface area contributed by atoms with Crippen LogP contribution in [0.5, 0.6) is 0 Å². The Balaban J connectivity index is 2.83. The highest BCUT2D eigenvalue weighted by molar-refractivity contribution is 5.81. The van der Waals surface area contributed by atoms with Gasteiger partial charge in [0.05, 0.1) is 17.7 Å². The summed E-state index contributed by atoms with van der Waals surface area (Å²) in [4.78, 5) is 13.8. The van der Waals surface area contributed by atoms with Crippen molar-refractivity contribution in [3.05, 3.63) is 35.1 Å². The van der Waals surface area contributed by atoms with E-state index in [9.17, 15) is 9.18 Å². The molecule has 0 aliphatic heterocycles. The molecular formula is C16H22FN3O. The third-order valence-electron chi connectivity index (χ3n) is 3.28. The van der Waals surface area contributed by atoms with Crippen molar-refractivity contribution < 1.29 is 9.18 Å². The van der Waals surface area contributed by atoms with Crippen LogP contribution in [0, 0.1) is 23.1 Å². The van der Waals surface area contributed by atoms with Gasteiger partial charge < -0.3 is 10.6 Å². The van der Waals surface area contributed by atoms with E-state index in [-0.39, 0.29) is 18.0 Å². The monoisotopic (exact) mass is 291 g/mol. The van der Waals surface area contributed by atoms with E-state index in [4.69, 9.17) is 11.0 Å². The molecule has 0 radical (unpaired) electrons. The lowest BCUT2D eigenvalue weighted by Gasteiger charge is -2.25. The van der Waals surface area contributed by atoms with Crippen LogP contribution in [0.2, 0.25) is 0 Å². The smallest absolute Gasteiger partial charge is 0.239 e. The maximum absolute atomic E-state index is 13.9. The Morgan fingerprint density at radius 3 is 2.62 bits per heavy atom. The largest absolute Gasteiger partial charge is 0.337 e. The maximum atomic E-state index is 13.9. The number of carbonyl (C=O) groups excluding carboxylic acids is 1. The number of benzene rings is 1. The Hall–Kier alpha value is -1.93. The molecule has 1 aromatic rings. The quantitative estimate of drug-likeness (QED) is 0.875. The number of rotatable bonds is 6. The van der Waals surface area contributed by atoms with Gasteiger partial charge in [0.25, 0.3) is 0 Å². The summed E-state index contributed by atoms with van der Waals surface area (Å²) in [5.41, 5.74) is 6.56. The molecule has 0 unspecified atom stereocenters. The predicted molar refractivity (Wildman–Crippen MR) is 79.6 cm³/mol. The zero-order valence-corrected chi connectivity index (χ0v) is 12.8. The fourth-order valence-electron chi connectivity index (χ4n) is 2.14. The summed E-state index contributed by atoms with van der Waals surface area (Å²) < 4.78 is 13.9. The van der Waals surface area contributed by atoms with Gasteiger partial charge >= 0.3 is 0 Å². The number of carbonyl (C=O) groups is 1. The number of nitrogens with zero attached hydrogens (tertiary/aromatic N) is 2. The number of halogens is 1. The minimum Gasteiger partial charge on any atom is -0.337 e. The number of nitrogens with two attached hydrogens (primary N) is 1. The van der Waals surface area contributed by atoms with Crippen molar-refractivity contribution in [2.24, 2.45) is 11.7 Å². The molecule has 1 amide bonds. The topological polar surface area (TPSA) is 70.1 Å². The van der Waals surface area contributed by atoms with Crippen LogP contribution in [0.3, 0.4) is 0 Å². The highest BCUT2D eigenvalue weighted by Crippen LogP contribution is 2.14. The molecule has 4 nitrogen and oxygen atoms in total. The van der Waals surface area contributed by atoms with E-state index < -0.39 is 11.9 Å². The summed E-state index contributed by atoms with van der Waals surface area (Å²) in [6, 6.07) is 5.59. The van der Waals surface area contributed by atoms with Crippen molar-refractivity contribution in [1.82, 2.24) is 4.90 Å². The summed E-state index contributed by atoms with van der Waals surface area (Å²) in [6.07, 6.45) is 0.602. The lowest BCUT2D eigenvalue weighted by molar-refractivity contribution is -0.133. The van der Waals surface area contributed by atoms with E-state index in [1.165, 1.54) is 17.0 Å². The molecule has 0 saturated heterocycles. The molecule has 0 spiro atoms. The summed E-state index contributed by atoms with van der Waals surface area (Å²) in [5.74, 6) is -0.318. The van der Waals surface area contributed by atoms with E-state index >= 15 is 0 Å². The number of amides is 1. The summed E-state index contributed by atoms with van der Waals surface area (Å²) in [7, 11) is 0. The van der Waals surface area contributed by atoms with Crippen LogP contribution in [0.4, 0.5) is 4.39 Å². The van der Waals surface area contributed by atoms with Crippen molar-refractivity contribution in [2.75, 3.05) is 6.54 Å². The minimum atomic E-state index is -0.564. The first-order chi connectivity index (χ1) is 9.88. The van der Waals surface area contributed by atoms with Crippen molar-refractivity contribution in [3.8, 4) is 6.07 Å². The normalized spacial score (nSPS) is 12.0. The van der Waals surface area contributed by atoms with E-state index in [0.717, 1.165) is 0 Å². The van der Waals surface area contributed by atoms with Gasteiger partial charge in [-0.3, -0.25) is 4.79 Å². The third kappa shape index (κ3) is 4.83. The molecule has 0 saturated carbocycles. The first-order valence-electron chi connectivity index (χ1n) is 7.11. The highest BCUT2D eigenvalue weighted by Gasteiger charge is 2.21. The molecule has 0 aliphatic rings. The van der Waals surface area contributed by atoms with E-state index in [2.05, 4.69) is 0 Å². The second kappa shape index (κ2) is 7.75. The number of likely N-dealkylation sites (N-methyl/N-ethyl adjacent to an activating group) is 1. The van der Waals surface area contributed by atoms with Crippen molar-refractivity contribution in [3.63, 3.8) is 0 Å². The molecule has 1 atom stereocenters. The fourth-order valence-corrected chi connectivity index (χ4v) is 2.14. The SMILES string of the molecule is CCN(Cc1ccc(C#N)cc1F)C(=O)[C@H](N)CC(C)C. The molecule has 0 bridgehead atoms. The van der Waals surface area contributed by atoms with Crippen LogP contribution in [-0.2, 0) is 11.3 Å². The van der Waals surface area contributed by atoms with Gasteiger partial charge in [0, 0.05) is 18.7 Å². The van der Waals surface area contributed by atoms with E-state index in [1.807, 2.05) is 26.8 Å². The Morgan fingerprint density at radius 2 is 2.14 bits per heavy atom. The number of hydrogen-bond donors (Lipinski definition) is 1. The molecule has 21 heavy (non-hydrogen) atoms. The van der Waals surface area contributed by atoms with Crippen LogP contribution in [0.25, 0.3) is 0 Å². The summed E-state index contributed by atoms with van der Waals surface area (Å²) in [5, 5.41) is 8.73. The van der Waals surface area contributed by atoms with Crippen molar-refractivity contribution in [1.29, 1.82) is 5.26 Å². The van der Waals surface area contributed by atoms with Crippen LogP contribution < -0.4 is 5.73 Å². The summed E-state index contributed by atoms with van der Waals surface area (Å²) >= 11 is 0. The van der Waals surface area contributed by atoms with Gasteiger partial charge in [-0.15, -0.1) is 0 Å². The summed E-state index contributed by atoms with van der Waals surface area (Å²) in [6.45, 7) is 6.47. The van der Waals surface area contributed by atoms with Gasteiger partial charge in [-0.25, -0.2) is 4.39 Å². The van der Waals surface area contributed by atoms with Gasteiger partial charge in [-0.05, 0) is 31.4 Å². The molecule has 2 N–H and O–H groups in total. The van der Waals surface area contributed by atoms with Crippen LogP contribution >= 0.6 is 0 Å². The second-order valence-corrected chi connectivity index (χ2v) is 5.51. The zero-order valence-electron chi connectivity index (χ0n) is 12.8. The lowest BCUT2D eigenvalue weighted by Crippen LogP contribution is -2.44. The average Bonchev–Trinajstić information content (AvgIpc) is 2.44. The number of nitriles is 1. The maximum Gasteiger partial charge on any atom is 0.239 e. The lowest BCUT2D eigenvalue weighted by atomic mass is 10.0. The molecule has 5 heteroatoms. The van der Waals surface area contributed by atoms with Gasteiger partial charge in [-0.1, -0.05) is 19.9 Å². The van der Waals surface area contributed by atoms with E-state index in [0.29, 0.717) is 24.4 Å². The van der Waals surface area contributed by atoms with Gasteiger partial charge in [0.2, 0.25) is 5.91 Å². The Labute approximate surface area is 125 Å². The van der Waals surface area contributed by atoms with Crippen LogP contribution in [0.1, 0.15) is 38.3 Å². The molecular weight excluding hydrogens is 269 g/mol. The van der Waals surface area contributed by atoms with Gasteiger partial charge in [-0.2, -0.15) is 5.26 Å². The molecule has 114 valence electrons.